The number of fused-ring (bicyclic) bond motifs is 1. The van der Waals surface area contributed by atoms with Crippen molar-refractivity contribution in [3.8, 4) is 0 Å². The number of amides is 1. The highest BCUT2D eigenvalue weighted by Crippen LogP contribution is 2.32. The molecule has 0 aliphatic carbocycles. The number of halogens is 1. The molecule has 108 valence electrons. The summed E-state index contributed by atoms with van der Waals surface area (Å²) in [6, 6.07) is 6.14. The number of anilines is 1. The third kappa shape index (κ3) is 3.15. The first kappa shape index (κ1) is 13.9. The first-order valence-corrected chi connectivity index (χ1v) is 7.84. The highest BCUT2D eigenvalue weighted by atomic mass is 35.5. The molecule has 2 atom stereocenters. The lowest BCUT2D eigenvalue weighted by Crippen LogP contribution is -2.19. The molecule has 1 aromatic rings. The molecular weight excluding hydrogens is 274 g/mol. The summed E-state index contributed by atoms with van der Waals surface area (Å²) in [7, 11) is 0. The number of benzene rings is 1. The zero-order valence-electron chi connectivity index (χ0n) is 11.5. The molecule has 0 saturated carbocycles. The van der Waals surface area contributed by atoms with Crippen LogP contribution in [0.3, 0.4) is 0 Å². The second kappa shape index (κ2) is 6.15. The number of nitrogens with one attached hydrogen (secondary N) is 1. The standard InChI is InChI=1S/C16H20ClNO2/c17-14(6-5-13-2-1-9-20-13)11-3-7-15-12(10-11)4-8-16(19)18-15/h3,7,10,13-14H,1-2,4-6,8-9H2,(H,18,19). The summed E-state index contributed by atoms with van der Waals surface area (Å²) in [5, 5.41) is 2.93. The molecule has 3 rings (SSSR count). The van der Waals surface area contributed by atoms with Gasteiger partial charge in [-0.1, -0.05) is 12.1 Å². The number of rotatable bonds is 4. The van der Waals surface area contributed by atoms with Crippen molar-refractivity contribution in [1.29, 1.82) is 0 Å². The monoisotopic (exact) mass is 293 g/mol. The van der Waals surface area contributed by atoms with Gasteiger partial charge in [0.2, 0.25) is 5.91 Å². The van der Waals surface area contributed by atoms with Crippen LogP contribution in [0.2, 0.25) is 0 Å². The molecule has 20 heavy (non-hydrogen) atoms. The normalized spacial score (nSPS) is 23.2. The zero-order chi connectivity index (χ0) is 13.9. The van der Waals surface area contributed by atoms with E-state index in [1.807, 2.05) is 12.1 Å². The second-order valence-electron chi connectivity index (χ2n) is 5.64. The Bertz CT molecular complexity index is 497. The van der Waals surface area contributed by atoms with Gasteiger partial charge in [0.05, 0.1) is 11.5 Å². The zero-order valence-corrected chi connectivity index (χ0v) is 12.3. The van der Waals surface area contributed by atoms with Gasteiger partial charge in [0.25, 0.3) is 0 Å². The van der Waals surface area contributed by atoms with E-state index in [0.29, 0.717) is 12.5 Å². The van der Waals surface area contributed by atoms with Crippen molar-refractivity contribution in [3.05, 3.63) is 29.3 Å². The molecule has 0 radical (unpaired) electrons. The maximum absolute atomic E-state index is 11.3. The SMILES string of the molecule is O=C1CCc2cc(C(Cl)CCC3CCCO3)ccc2N1. The average Bonchev–Trinajstić information content (AvgIpc) is 2.97. The fraction of sp³-hybridized carbons (Fsp3) is 0.562. The van der Waals surface area contributed by atoms with Gasteiger partial charge in [-0.15, -0.1) is 11.6 Å². The molecule has 0 bridgehead atoms. The Balaban J connectivity index is 1.62. The van der Waals surface area contributed by atoms with Gasteiger partial charge in [0.1, 0.15) is 0 Å². The molecule has 4 heteroatoms. The highest BCUT2D eigenvalue weighted by molar-refractivity contribution is 6.20. The number of alkyl halides is 1. The van der Waals surface area contributed by atoms with Crippen LogP contribution in [0.25, 0.3) is 0 Å². The van der Waals surface area contributed by atoms with Crippen LogP contribution < -0.4 is 5.32 Å². The van der Waals surface area contributed by atoms with Crippen LogP contribution in [0.15, 0.2) is 18.2 Å². The summed E-state index contributed by atoms with van der Waals surface area (Å²) in [4.78, 5) is 11.3. The minimum atomic E-state index is 0.0297. The van der Waals surface area contributed by atoms with E-state index in [0.717, 1.165) is 37.1 Å². The predicted molar refractivity (Wildman–Crippen MR) is 80.2 cm³/mol. The second-order valence-corrected chi connectivity index (χ2v) is 6.17. The van der Waals surface area contributed by atoms with Crippen LogP contribution in [0, 0.1) is 0 Å². The van der Waals surface area contributed by atoms with E-state index in [-0.39, 0.29) is 11.3 Å². The third-order valence-electron chi connectivity index (χ3n) is 4.15. The quantitative estimate of drug-likeness (QED) is 0.857. The summed E-state index contributed by atoms with van der Waals surface area (Å²) in [6.07, 6.45) is 6.09. The van der Waals surface area contributed by atoms with E-state index in [4.69, 9.17) is 16.3 Å². The average molecular weight is 294 g/mol. The molecule has 0 aromatic heterocycles. The number of carbonyl (C=O) groups is 1. The Labute approximate surface area is 124 Å². The molecule has 1 aromatic carbocycles. The van der Waals surface area contributed by atoms with Crippen LogP contribution >= 0.6 is 11.6 Å². The summed E-state index contributed by atoms with van der Waals surface area (Å²) >= 11 is 6.51. The smallest absolute Gasteiger partial charge is 0.224 e. The topological polar surface area (TPSA) is 38.3 Å². The fourth-order valence-electron chi connectivity index (χ4n) is 2.97. The number of ether oxygens (including phenoxy) is 1. The van der Waals surface area contributed by atoms with E-state index in [2.05, 4.69) is 11.4 Å². The Kier molecular flexibility index (Phi) is 4.27. The lowest BCUT2D eigenvalue weighted by atomic mass is 9.97. The van der Waals surface area contributed by atoms with Gasteiger partial charge < -0.3 is 10.1 Å². The molecule has 1 fully saturated rings. The largest absolute Gasteiger partial charge is 0.378 e. The van der Waals surface area contributed by atoms with E-state index in [1.165, 1.54) is 18.4 Å². The van der Waals surface area contributed by atoms with Crippen molar-refractivity contribution >= 4 is 23.2 Å². The van der Waals surface area contributed by atoms with E-state index < -0.39 is 0 Å². The first-order valence-electron chi connectivity index (χ1n) is 7.41. The van der Waals surface area contributed by atoms with Crippen molar-refractivity contribution in [2.24, 2.45) is 0 Å². The van der Waals surface area contributed by atoms with Gasteiger partial charge in [-0.25, -0.2) is 0 Å². The lowest BCUT2D eigenvalue weighted by Gasteiger charge is -2.19. The Morgan fingerprint density at radius 2 is 2.30 bits per heavy atom. The summed E-state index contributed by atoms with van der Waals surface area (Å²) in [6.45, 7) is 0.899. The summed E-state index contributed by atoms with van der Waals surface area (Å²) in [5.74, 6) is 0.103. The Hall–Kier alpha value is -1.06. The molecule has 2 aliphatic rings. The third-order valence-corrected chi connectivity index (χ3v) is 4.62. The maximum atomic E-state index is 11.3. The number of hydrogen-bond donors (Lipinski definition) is 1. The number of carbonyl (C=O) groups excluding carboxylic acids is 1. The number of aryl methyl sites for hydroxylation is 1. The molecule has 1 N–H and O–H groups in total. The van der Waals surface area contributed by atoms with Gasteiger partial charge in [-0.3, -0.25) is 4.79 Å². The molecule has 3 nitrogen and oxygen atoms in total. The first-order chi connectivity index (χ1) is 9.72. The van der Waals surface area contributed by atoms with Crippen LogP contribution in [0.4, 0.5) is 5.69 Å². The van der Waals surface area contributed by atoms with Gasteiger partial charge in [0, 0.05) is 18.7 Å². The van der Waals surface area contributed by atoms with Crippen LogP contribution in [-0.4, -0.2) is 18.6 Å². The number of hydrogen-bond acceptors (Lipinski definition) is 2. The summed E-state index contributed by atoms with van der Waals surface area (Å²) in [5.41, 5.74) is 3.29. The van der Waals surface area contributed by atoms with Crippen molar-refractivity contribution in [3.63, 3.8) is 0 Å². The Morgan fingerprint density at radius 3 is 3.10 bits per heavy atom. The maximum Gasteiger partial charge on any atom is 0.224 e. The van der Waals surface area contributed by atoms with Crippen molar-refractivity contribution in [2.45, 2.75) is 50.0 Å². The highest BCUT2D eigenvalue weighted by Gasteiger charge is 2.20. The minimum absolute atomic E-state index is 0.0297. The van der Waals surface area contributed by atoms with Crippen LogP contribution in [-0.2, 0) is 16.0 Å². The molecule has 1 saturated heterocycles. The van der Waals surface area contributed by atoms with Crippen LogP contribution in [0.5, 0.6) is 0 Å². The van der Waals surface area contributed by atoms with Gasteiger partial charge in [0.15, 0.2) is 0 Å². The van der Waals surface area contributed by atoms with E-state index >= 15 is 0 Å². The van der Waals surface area contributed by atoms with E-state index in [1.54, 1.807) is 0 Å². The van der Waals surface area contributed by atoms with E-state index in [9.17, 15) is 4.79 Å². The molecular formula is C16H20ClNO2. The van der Waals surface area contributed by atoms with Crippen molar-refractivity contribution in [1.82, 2.24) is 0 Å². The fourth-order valence-corrected chi connectivity index (χ4v) is 3.23. The molecule has 2 unspecified atom stereocenters. The molecule has 2 aliphatic heterocycles. The van der Waals surface area contributed by atoms with Gasteiger partial charge in [-0.2, -0.15) is 0 Å². The molecule has 1 amide bonds. The van der Waals surface area contributed by atoms with Crippen molar-refractivity contribution in [2.75, 3.05) is 11.9 Å². The molecule has 2 heterocycles. The summed E-state index contributed by atoms with van der Waals surface area (Å²) < 4.78 is 5.64. The minimum Gasteiger partial charge on any atom is -0.378 e. The van der Waals surface area contributed by atoms with Crippen molar-refractivity contribution < 1.29 is 9.53 Å². The lowest BCUT2D eigenvalue weighted by molar-refractivity contribution is -0.116. The van der Waals surface area contributed by atoms with Crippen LogP contribution in [0.1, 0.15) is 48.6 Å². The predicted octanol–water partition coefficient (Wildman–Crippen LogP) is 3.81. The van der Waals surface area contributed by atoms with Gasteiger partial charge >= 0.3 is 0 Å². The van der Waals surface area contributed by atoms with Gasteiger partial charge in [-0.05, 0) is 49.3 Å². The Morgan fingerprint density at radius 1 is 1.40 bits per heavy atom. The molecule has 0 spiro atoms.